The summed E-state index contributed by atoms with van der Waals surface area (Å²) < 4.78 is 5.34. The highest BCUT2D eigenvalue weighted by Crippen LogP contribution is 2.20. The van der Waals surface area contributed by atoms with Gasteiger partial charge in [0.25, 0.3) is 5.91 Å². The van der Waals surface area contributed by atoms with E-state index in [1.807, 2.05) is 30.0 Å². The van der Waals surface area contributed by atoms with Crippen molar-refractivity contribution < 1.29 is 14.4 Å². The molecule has 3 rings (SSSR count). The first-order valence-electron chi connectivity index (χ1n) is 8.90. The number of ether oxygens (including phenoxy) is 1. The minimum atomic E-state index is 0.105. The lowest BCUT2D eigenvalue weighted by Crippen LogP contribution is -3.13. The van der Waals surface area contributed by atoms with Gasteiger partial charge in [0.1, 0.15) is 12.3 Å². The molecule has 0 saturated carbocycles. The van der Waals surface area contributed by atoms with E-state index in [1.54, 1.807) is 12.0 Å². The monoisotopic (exact) mass is 339 g/mol. The van der Waals surface area contributed by atoms with Gasteiger partial charge in [-0.2, -0.15) is 0 Å². The maximum Gasteiger partial charge on any atom is 0.254 e. The Morgan fingerprint density at radius 1 is 1.08 bits per heavy atom. The van der Waals surface area contributed by atoms with Gasteiger partial charge < -0.3 is 14.5 Å². The fourth-order valence-corrected chi connectivity index (χ4v) is 3.42. The van der Waals surface area contributed by atoms with Crippen molar-refractivity contribution in [2.45, 2.75) is 20.4 Å². The molecule has 1 aliphatic rings. The summed E-state index contributed by atoms with van der Waals surface area (Å²) in [6, 6.07) is 14.3. The molecule has 0 radical (unpaired) electrons. The number of methoxy groups -OCH3 is 1. The largest absolute Gasteiger partial charge is 0.496 e. The minimum Gasteiger partial charge on any atom is -0.496 e. The van der Waals surface area contributed by atoms with Crippen molar-refractivity contribution in [1.82, 2.24) is 4.90 Å². The smallest absolute Gasteiger partial charge is 0.254 e. The fraction of sp³-hybridized carbons (Fsp3) is 0.381. The van der Waals surface area contributed by atoms with Gasteiger partial charge in [0.05, 0.1) is 33.3 Å². The van der Waals surface area contributed by atoms with Crippen LogP contribution < -0.4 is 9.64 Å². The van der Waals surface area contributed by atoms with Crippen molar-refractivity contribution >= 4 is 5.91 Å². The van der Waals surface area contributed by atoms with Gasteiger partial charge in [-0.05, 0) is 37.1 Å². The van der Waals surface area contributed by atoms with Gasteiger partial charge in [-0.25, -0.2) is 0 Å². The number of aryl methyl sites for hydroxylation is 2. The fourth-order valence-electron chi connectivity index (χ4n) is 3.42. The van der Waals surface area contributed by atoms with Crippen LogP contribution in [0.25, 0.3) is 0 Å². The number of nitrogens with zero attached hydrogens (tertiary/aromatic N) is 1. The Morgan fingerprint density at radius 3 is 2.48 bits per heavy atom. The van der Waals surface area contributed by atoms with Gasteiger partial charge >= 0.3 is 0 Å². The number of quaternary nitrogens is 1. The van der Waals surface area contributed by atoms with Crippen molar-refractivity contribution in [3.8, 4) is 5.75 Å². The Bertz CT molecular complexity index is 749. The van der Waals surface area contributed by atoms with Gasteiger partial charge in [-0.3, -0.25) is 4.79 Å². The first kappa shape index (κ1) is 17.5. The summed E-state index contributed by atoms with van der Waals surface area (Å²) in [6.45, 7) is 8.77. The van der Waals surface area contributed by atoms with Gasteiger partial charge in [-0.15, -0.1) is 0 Å². The Morgan fingerprint density at radius 2 is 1.80 bits per heavy atom. The minimum absolute atomic E-state index is 0.105. The van der Waals surface area contributed by atoms with Crippen molar-refractivity contribution in [2.24, 2.45) is 0 Å². The van der Waals surface area contributed by atoms with Crippen LogP contribution in [0.3, 0.4) is 0 Å². The summed E-state index contributed by atoms with van der Waals surface area (Å²) in [7, 11) is 1.64. The normalized spacial score (nSPS) is 15.2. The van der Waals surface area contributed by atoms with Crippen LogP contribution in [0.15, 0.2) is 42.5 Å². The van der Waals surface area contributed by atoms with E-state index in [9.17, 15) is 4.79 Å². The Kier molecular flexibility index (Phi) is 5.39. The molecule has 1 aliphatic heterocycles. The highest BCUT2D eigenvalue weighted by atomic mass is 16.5. The number of carbonyl (C=O) groups excluding carboxylic acids is 1. The van der Waals surface area contributed by atoms with Crippen molar-refractivity contribution in [1.29, 1.82) is 0 Å². The van der Waals surface area contributed by atoms with Crippen LogP contribution >= 0.6 is 0 Å². The lowest BCUT2D eigenvalue weighted by atomic mass is 10.1. The van der Waals surface area contributed by atoms with E-state index in [-0.39, 0.29) is 5.91 Å². The predicted octanol–water partition coefficient (Wildman–Crippen LogP) is 1.85. The molecule has 1 fully saturated rings. The van der Waals surface area contributed by atoms with Crippen LogP contribution in [-0.4, -0.2) is 44.1 Å². The zero-order valence-corrected chi connectivity index (χ0v) is 15.3. The zero-order chi connectivity index (χ0) is 17.8. The van der Waals surface area contributed by atoms with Crippen LogP contribution in [0, 0.1) is 13.8 Å². The summed E-state index contributed by atoms with van der Waals surface area (Å²) in [5.41, 5.74) is 4.51. The predicted molar refractivity (Wildman–Crippen MR) is 99.2 cm³/mol. The standard InChI is InChI=1S/C21H26N2O2/c1-16-6-4-5-7-19(16)15-22-10-12-23(13-11-22)21(24)18-9-8-17(2)20(14-18)25-3/h4-9,14H,10-13,15H2,1-3H3/p+1. The van der Waals surface area contributed by atoms with E-state index in [0.717, 1.165) is 44.0 Å². The number of benzene rings is 2. The quantitative estimate of drug-likeness (QED) is 0.922. The number of hydrogen-bond donors (Lipinski definition) is 1. The first-order valence-corrected chi connectivity index (χ1v) is 8.90. The number of hydrogen-bond acceptors (Lipinski definition) is 2. The van der Waals surface area contributed by atoms with Gasteiger partial charge in [-0.1, -0.05) is 30.3 Å². The Hall–Kier alpha value is -2.33. The number of nitrogens with one attached hydrogen (secondary N) is 1. The van der Waals surface area contributed by atoms with E-state index in [4.69, 9.17) is 4.74 Å². The van der Waals surface area contributed by atoms with Crippen molar-refractivity contribution in [2.75, 3.05) is 33.3 Å². The van der Waals surface area contributed by atoms with Gasteiger partial charge in [0.15, 0.2) is 0 Å². The first-order chi connectivity index (χ1) is 12.1. The molecule has 0 atom stereocenters. The highest BCUT2D eigenvalue weighted by Gasteiger charge is 2.25. The second-order valence-electron chi connectivity index (χ2n) is 6.83. The van der Waals surface area contributed by atoms with Crippen LogP contribution in [0.4, 0.5) is 0 Å². The lowest BCUT2D eigenvalue weighted by Gasteiger charge is -2.32. The third kappa shape index (κ3) is 4.02. The third-order valence-electron chi connectivity index (χ3n) is 5.11. The van der Waals surface area contributed by atoms with Crippen LogP contribution in [0.1, 0.15) is 27.0 Å². The van der Waals surface area contributed by atoms with Crippen molar-refractivity contribution in [3.05, 3.63) is 64.7 Å². The molecule has 0 spiro atoms. The van der Waals surface area contributed by atoms with E-state index >= 15 is 0 Å². The van der Waals surface area contributed by atoms with Crippen LogP contribution in [0.5, 0.6) is 5.75 Å². The molecule has 1 saturated heterocycles. The molecular weight excluding hydrogens is 312 g/mol. The lowest BCUT2D eigenvalue weighted by molar-refractivity contribution is -0.917. The molecule has 0 aromatic heterocycles. The molecule has 0 aliphatic carbocycles. The molecule has 1 amide bonds. The zero-order valence-electron chi connectivity index (χ0n) is 15.3. The molecule has 1 N–H and O–H groups in total. The molecule has 4 heteroatoms. The van der Waals surface area contributed by atoms with Gasteiger partial charge in [0.2, 0.25) is 0 Å². The molecule has 0 unspecified atom stereocenters. The Labute approximate surface area is 150 Å². The molecule has 4 nitrogen and oxygen atoms in total. The third-order valence-corrected chi connectivity index (χ3v) is 5.11. The van der Waals surface area contributed by atoms with E-state index in [2.05, 4.69) is 31.2 Å². The second-order valence-corrected chi connectivity index (χ2v) is 6.83. The number of rotatable bonds is 4. The van der Waals surface area contributed by atoms with E-state index in [0.29, 0.717) is 5.56 Å². The molecule has 1 heterocycles. The maximum atomic E-state index is 12.8. The Balaban J connectivity index is 1.60. The van der Waals surface area contributed by atoms with E-state index < -0.39 is 0 Å². The highest BCUT2D eigenvalue weighted by molar-refractivity contribution is 5.94. The SMILES string of the molecule is COc1cc(C(=O)N2CC[NH+](Cc3ccccc3C)CC2)ccc1C. The number of piperazine rings is 1. The molecular formula is C21H27N2O2+. The van der Waals surface area contributed by atoms with Crippen LogP contribution in [0.2, 0.25) is 0 Å². The summed E-state index contributed by atoms with van der Waals surface area (Å²) in [5.74, 6) is 0.878. The van der Waals surface area contributed by atoms with Crippen LogP contribution in [-0.2, 0) is 6.54 Å². The van der Waals surface area contributed by atoms with Gasteiger partial charge in [0, 0.05) is 11.1 Å². The summed E-state index contributed by atoms with van der Waals surface area (Å²) >= 11 is 0. The molecule has 2 aromatic rings. The number of carbonyl (C=O) groups is 1. The average molecular weight is 339 g/mol. The summed E-state index contributed by atoms with van der Waals surface area (Å²) in [6.07, 6.45) is 0. The molecule has 2 aromatic carbocycles. The molecule has 0 bridgehead atoms. The summed E-state index contributed by atoms with van der Waals surface area (Å²) in [5, 5.41) is 0. The maximum absolute atomic E-state index is 12.8. The van der Waals surface area contributed by atoms with Crippen molar-refractivity contribution in [3.63, 3.8) is 0 Å². The molecule has 25 heavy (non-hydrogen) atoms. The summed E-state index contributed by atoms with van der Waals surface area (Å²) in [4.78, 5) is 16.3. The number of amides is 1. The molecule has 132 valence electrons. The average Bonchev–Trinajstić information content (AvgIpc) is 2.64. The van der Waals surface area contributed by atoms with E-state index in [1.165, 1.54) is 11.1 Å². The topological polar surface area (TPSA) is 34.0 Å². The second kappa shape index (κ2) is 7.70.